The highest BCUT2D eigenvalue weighted by molar-refractivity contribution is 5.80. The van der Waals surface area contributed by atoms with Crippen molar-refractivity contribution in [2.75, 3.05) is 18.4 Å². The van der Waals surface area contributed by atoms with E-state index in [0.29, 0.717) is 13.1 Å². The number of aromatic nitrogens is 1. The van der Waals surface area contributed by atoms with Gasteiger partial charge in [-0.25, -0.2) is 4.98 Å². The van der Waals surface area contributed by atoms with Gasteiger partial charge in [0.25, 0.3) is 0 Å². The minimum atomic E-state index is -0.965. The molecule has 98 valence electrons. The number of amides is 1. The molecule has 3 N–H and O–H groups in total. The first kappa shape index (κ1) is 14.0. The lowest BCUT2D eigenvalue weighted by Crippen LogP contribution is -2.29. The summed E-state index contributed by atoms with van der Waals surface area (Å²) < 4.78 is 0. The molecule has 1 rings (SSSR count). The highest BCUT2D eigenvalue weighted by atomic mass is 16.4. The fraction of sp³-hybridized carbons (Fsp3) is 0.417. The fourth-order valence-corrected chi connectivity index (χ4v) is 1.36. The first-order valence-corrected chi connectivity index (χ1v) is 5.73. The highest BCUT2D eigenvalue weighted by Gasteiger charge is 2.04. The zero-order valence-electron chi connectivity index (χ0n) is 10.3. The predicted octanol–water partition coefficient (Wildman–Crippen LogP) is 0.783. The minimum absolute atomic E-state index is 0.0119. The zero-order chi connectivity index (χ0) is 13.4. The smallest absolute Gasteiger partial charge is 0.303 e. The first-order chi connectivity index (χ1) is 8.59. The van der Waals surface area contributed by atoms with Gasteiger partial charge < -0.3 is 15.7 Å². The Balaban J connectivity index is 2.17. The highest BCUT2D eigenvalue weighted by Crippen LogP contribution is 2.07. The Kier molecular flexibility index (Phi) is 5.63. The fourth-order valence-electron chi connectivity index (χ4n) is 1.36. The van der Waals surface area contributed by atoms with Gasteiger partial charge in [-0.05, 0) is 18.6 Å². The summed E-state index contributed by atoms with van der Waals surface area (Å²) in [5.74, 6) is -0.429. The van der Waals surface area contributed by atoms with E-state index in [1.54, 1.807) is 6.20 Å². The van der Waals surface area contributed by atoms with Crippen LogP contribution >= 0.6 is 0 Å². The molecule has 6 nitrogen and oxygen atoms in total. The molecule has 1 amide bonds. The van der Waals surface area contributed by atoms with Gasteiger partial charge in [0, 0.05) is 25.7 Å². The number of hydrogen-bond donors (Lipinski definition) is 3. The number of hydrogen-bond acceptors (Lipinski definition) is 4. The molecule has 0 fully saturated rings. The molecule has 0 aliphatic rings. The number of anilines is 1. The molecular formula is C12H17N3O3. The van der Waals surface area contributed by atoms with E-state index < -0.39 is 5.97 Å². The van der Waals surface area contributed by atoms with Crippen LogP contribution in [0.4, 0.5) is 5.82 Å². The number of carbonyl (C=O) groups excluding carboxylic acids is 1. The van der Waals surface area contributed by atoms with Crippen molar-refractivity contribution in [3.05, 3.63) is 23.9 Å². The number of nitrogens with zero attached hydrogens (tertiary/aromatic N) is 1. The number of aliphatic carboxylic acids is 1. The summed E-state index contributed by atoms with van der Waals surface area (Å²) in [6.07, 6.45) is 1.57. The molecule has 0 saturated carbocycles. The van der Waals surface area contributed by atoms with E-state index >= 15 is 0 Å². The summed E-state index contributed by atoms with van der Waals surface area (Å²) in [6, 6.07) is 3.80. The van der Waals surface area contributed by atoms with Crippen molar-refractivity contribution in [2.45, 2.75) is 19.8 Å². The van der Waals surface area contributed by atoms with Crippen LogP contribution < -0.4 is 10.6 Å². The third-order valence-corrected chi connectivity index (χ3v) is 2.31. The normalized spacial score (nSPS) is 9.83. The number of rotatable bonds is 7. The van der Waals surface area contributed by atoms with Crippen LogP contribution in [0.2, 0.25) is 0 Å². The van der Waals surface area contributed by atoms with E-state index in [1.165, 1.54) is 0 Å². The maximum Gasteiger partial charge on any atom is 0.303 e. The molecule has 0 saturated heterocycles. The van der Waals surface area contributed by atoms with E-state index in [1.807, 2.05) is 19.1 Å². The maximum absolute atomic E-state index is 11.2. The van der Waals surface area contributed by atoms with Crippen LogP contribution in [0, 0.1) is 6.92 Å². The number of carboxylic acid groups (broad SMARTS) is 1. The van der Waals surface area contributed by atoms with Gasteiger partial charge in [0.1, 0.15) is 5.82 Å². The number of carboxylic acids is 1. The first-order valence-electron chi connectivity index (χ1n) is 5.73. The number of pyridine rings is 1. The second-order valence-corrected chi connectivity index (χ2v) is 3.84. The van der Waals surface area contributed by atoms with Gasteiger partial charge in [0.05, 0.1) is 6.42 Å². The van der Waals surface area contributed by atoms with Gasteiger partial charge in [-0.2, -0.15) is 0 Å². The molecule has 0 atom stereocenters. The number of carbonyl (C=O) groups is 2. The average molecular weight is 251 g/mol. The molecule has 0 aliphatic carbocycles. The quantitative estimate of drug-likeness (QED) is 0.623. The zero-order valence-corrected chi connectivity index (χ0v) is 10.3. The van der Waals surface area contributed by atoms with Gasteiger partial charge in [-0.1, -0.05) is 6.07 Å². The van der Waals surface area contributed by atoms with E-state index in [-0.39, 0.29) is 18.7 Å². The second kappa shape index (κ2) is 7.26. The van der Waals surface area contributed by atoms with Crippen molar-refractivity contribution in [2.24, 2.45) is 0 Å². The van der Waals surface area contributed by atoms with Crippen molar-refractivity contribution in [1.82, 2.24) is 10.3 Å². The number of nitrogens with one attached hydrogen (secondary N) is 2. The minimum Gasteiger partial charge on any atom is -0.481 e. The van der Waals surface area contributed by atoms with Crippen molar-refractivity contribution >= 4 is 17.7 Å². The molecular weight excluding hydrogens is 234 g/mol. The maximum atomic E-state index is 11.2. The van der Waals surface area contributed by atoms with Crippen LogP contribution in [0.25, 0.3) is 0 Å². The Labute approximate surface area is 105 Å². The Morgan fingerprint density at radius 2 is 2.11 bits per heavy atom. The van der Waals surface area contributed by atoms with Crippen LogP contribution in [0.1, 0.15) is 18.4 Å². The largest absolute Gasteiger partial charge is 0.481 e. The van der Waals surface area contributed by atoms with Crippen molar-refractivity contribution in [3.63, 3.8) is 0 Å². The van der Waals surface area contributed by atoms with Crippen molar-refractivity contribution in [1.29, 1.82) is 0 Å². The molecule has 1 aromatic rings. The summed E-state index contributed by atoms with van der Waals surface area (Å²) in [4.78, 5) is 25.6. The third kappa shape index (κ3) is 5.29. The molecule has 6 heteroatoms. The molecule has 1 aromatic heterocycles. The van der Waals surface area contributed by atoms with E-state index in [9.17, 15) is 9.59 Å². The number of aryl methyl sites for hydroxylation is 1. The van der Waals surface area contributed by atoms with Crippen molar-refractivity contribution < 1.29 is 14.7 Å². The summed E-state index contributed by atoms with van der Waals surface area (Å²) in [7, 11) is 0. The van der Waals surface area contributed by atoms with E-state index in [0.717, 1.165) is 11.4 Å². The van der Waals surface area contributed by atoms with Gasteiger partial charge in [-0.15, -0.1) is 0 Å². The summed E-state index contributed by atoms with van der Waals surface area (Å²) in [5, 5.41) is 14.1. The lowest BCUT2D eigenvalue weighted by atomic mass is 10.3. The lowest BCUT2D eigenvalue weighted by molar-refractivity contribution is -0.138. The van der Waals surface area contributed by atoms with Crippen LogP contribution in [0.3, 0.4) is 0 Å². The molecule has 1 heterocycles. The SMILES string of the molecule is Cc1cccnc1NCCNC(=O)CCC(=O)O. The standard InChI is InChI=1S/C12H17N3O3/c1-9-3-2-6-14-12(9)15-8-7-13-10(16)4-5-11(17)18/h2-3,6H,4-5,7-8H2,1H3,(H,13,16)(H,14,15)(H,17,18). The second-order valence-electron chi connectivity index (χ2n) is 3.84. The van der Waals surface area contributed by atoms with Crippen LogP contribution in [0.5, 0.6) is 0 Å². The Morgan fingerprint density at radius 1 is 1.33 bits per heavy atom. The lowest BCUT2D eigenvalue weighted by Gasteiger charge is -2.08. The molecule has 0 spiro atoms. The topological polar surface area (TPSA) is 91.3 Å². The molecule has 0 radical (unpaired) electrons. The molecule has 18 heavy (non-hydrogen) atoms. The Morgan fingerprint density at radius 3 is 2.78 bits per heavy atom. The van der Waals surface area contributed by atoms with Crippen LogP contribution in [-0.4, -0.2) is 35.1 Å². The van der Waals surface area contributed by atoms with E-state index in [4.69, 9.17) is 5.11 Å². The summed E-state index contributed by atoms with van der Waals surface area (Å²) in [5.41, 5.74) is 1.04. The van der Waals surface area contributed by atoms with Gasteiger partial charge in [0.2, 0.25) is 5.91 Å². The van der Waals surface area contributed by atoms with E-state index in [2.05, 4.69) is 15.6 Å². The molecule has 0 unspecified atom stereocenters. The molecule has 0 bridgehead atoms. The van der Waals surface area contributed by atoms with Gasteiger partial charge in [-0.3, -0.25) is 9.59 Å². The Bertz CT molecular complexity index is 421. The average Bonchev–Trinajstić information content (AvgIpc) is 2.34. The van der Waals surface area contributed by atoms with Gasteiger partial charge >= 0.3 is 5.97 Å². The summed E-state index contributed by atoms with van der Waals surface area (Å²) in [6.45, 7) is 2.94. The van der Waals surface area contributed by atoms with Gasteiger partial charge in [0.15, 0.2) is 0 Å². The van der Waals surface area contributed by atoms with Crippen molar-refractivity contribution in [3.8, 4) is 0 Å². The summed E-state index contributed by atoms with van der Waals surface area (Å²) >= 11 is 0. The third-order valence-electron chi connectivity index (χ3n) is 2.31. The Hall–Kier alpha value is -2.11. The predicted molar refractivity (Wildman–Crippen MR) is 67.3 cm³/mol. The molecule has 0 aromatic carbocycles. The molecule has 0 aliphatic heterocycles. The monoisotopic (exact) mass is 251 g/mol. The van der Waals surface area contributed by atoms with Crippen LogP contribution in [0.15, 0.2) is 18.3 Å². The van der Waals surface area contributed by atoms with Crippen LogP contribution in [-0.2, 0) is 9.59 Å².